The van der Waals surface area contributed by atoms with Gasteiger partial charge >= 0.3 is 35.5 Å². The standard InChI is InChI=1S/C32H54O27.Na.H/c1-7(38)50-27-14(40)13(39)8(2-33)52-32(27)59-26-12(6-37)55-31(22(48)18(26)44)58-25-11(5-36)54-30(21(47)17(25)43)57-24-10(4-35)53-29(20(46)16(24)42)56-23-9(3-34)51-28(49)19(45)15(23)41;;/h8-37,39-49H,2-6H2,1H3;;/q;+1;-1/t8-,9-,10-,11-,12-,13-,14+,15-,16-,17-,18-,19-,20-,21-,22-,23-,24-,25-,26-,27-,28+,29-,30-,31-,32-;;/m1../s1. The van der Waals surface area contributed by atoms with E-state index in [1.54, 1.807) is 0 Å². The molecule has 5 heterocycles. The maximum Gasteiger partial charge on any atom is 1.00 e. The summed E-state index contributed by atoms with van der Waals surface area (Å²) >= 11 is 0. The Morgan fingerprint density at radius 1 is 0.400 bits per heavy atom. The zero-order chi connectivity index (χ0) is 43.6. The van der Waals surface area contributed by atoms with E-state index < -0.39 is 193 Å². The molecule has 0 amide bonds. The van der Waals surface area contributed by atoms with Crippen molar-refractivity contribution in [3.63, 3.8) is 0 Å². The maximum atomic E-state index is 11.7. The van der Waals surface area contributed by atoms with Crippen LogP contribution in [0.4, 0.5) is 0 Å². The molecule has 346 valence electrons. The van der Waals surface area contributed by atoms with Crippen LogP contribution in [-0.4, -0.2) is 274 Å². The summed E-state index contributed by atoms with van der Waals surface area (Å²) in [4.78, 5) is 11.7. The van der Waals surface area contributed by atoms with Gasteiger partial charge in [-0.25, -0.2) is 0 Å². The molecule has 0 unspecified atom stereocenters. The molecule has 5 rings (SSSR count). The largest absolute Gasteiger partial charge is 1.00 e. The molecule has 16 N–H and O–H groups in total. The van der Waals surface area contributed by atoms with Crippen LogP contribution in [0.5, 0.6) is 0 Å². The molecule has 60 heavy (non-hydrogen) atoms. The van der Waals surface area contributed by atoms with Crippen molar-refractivity contribution >= 4 is 5.97 Å². The summed E-state index contributed by atoms with van der Waals surface area (Å²) in [5.41, 5.74) is 0. The number of aliphatic hydroxyl groups is 16. The van der Waals surface area contributed by atoms with Gasteiger partial charge in [0.25, 0.3) is 0 Å². The molecule has 0 spiro atoms. The maximum absolute atomic E-state index is 11.7. The van der Waals surface area contributed by atoms with Gasteiger partial charge < -0.3 is 130 Å². The summed E-state index contributed by atoms with van der Waals surface area (Å²) in [7, 11) is 0. The molecule has 28 heteroatoms. The SMILES string of the molecule is CC(=O)O[C@H]1[C@@H](O[C@H]2[C@H](O)[C@@H](O)[C@@H](O[C@H]3[C@H](O)[C@@H](O)[C@@H](O[C@H]4[C@H](O)[C@@H](O)[C@@H](O[C@H]5[C@H](O)[C@@H](O)[C@@H](O)O[C@@H]5CO)O[C@@H]4CO)O[C@@H]3CO)O[C@@H]2CO)O[C@H](CO)[C@@H](O)[C@@H]1O.[H-].[Na+]. The van der Waals surface area contributed by atoms with Crippen molar-refractivity contribution in [3.8, 4) is 0 Å². The van der Waals surface area contributed by atoms with Crippen LogP contribution in [0.3, 0.4) is 0 Å². The molecule has 0 radical (unpaired) electrons. The first-order valence-electron chi connectivity index (χ1n) is 18.5. The van der Waals surface area contributed by atoms with E-state index in [9.17, 15) is 86.5 Å². The van der Waals surface area contributed by atoms with E-state index in [0.717, 1.165) is 6.92 Å². The van der Waals surface area contributed by atoms with E-state index >= 15 is 0 Å². The number of carbonyl (C=O) groups is 1. The summed E-state index contributed by atoms with van der Waals surface area (Å²) in [6.45, 7) is -3.62. The Bertz CT molecular complexity index is 1330. The Kier molecular flexibility index (Phi) is 19.6. The molecule has 0 aromatic rings. The molecule has 0 bridgehead atoms. The van der Waals surface area contributed by atoms with Crippen LogP contribution in [0.15, 0.2) is 0 Å². The fraction of sp³-hybridized carbons (Fsp3) is 0.969. The van der Waals surface area contributed by atoms with Crippen molar-refractivity contribution in [2.24, 2.45) is 0 Å². The van der Waals surface area contributed by atoms with Gasteiger partial charge in [-0.3, -0.25) is 4.79 Å². The zero-order valence-electron chi connectivity index (χ0n) is 33.1. The van der Waals surface area contributed by atoms with Gasteiger partial charge in [0, 0.05) is 6.92 Å². The average Bonchev–Trinajstić information content (AvgIpc) is 3.21. The van der Waals surface area contributed by atoms with Crippen LogP contribution in [0, 0.1) is 0 Å². The first-order chi connectivity index (χ1) is 27.9. The number of carbonyl (C=O) groups excluding carboxylic acids is 1. The van der Waals surface area contributed by atoms with Crippen molar-refractivity contribution in [1.29, 1.82) is 0 Å². The predicted molar refractivity (Wildman–Crippen MR) is 177 cm³/mol. The monoisotopic (exact) mass is 894 g/mol. The van der Waals surface area contributed by atoms with Gasteiger partial charge in [0.05, 0.1) is 33.0 Å². The minimum atomic E-state index is -2.13. The average molecular weight is 895 g/mol. The Labute approximate surface area is 363 Å². The first-order valence-corrected chi connectivity index (χ1v) is 18.5. The molecule has 25 atom stereocenters. The summed E-state index contributed by atoms with van der Waals surface area (Å²) in [6, 6.07) is 0. The Balaban J connectivity index is 0.00000496. The van der Waals surface area contributed by atoms with Gasteiger partial charge in [-0.05, 0) is 0 Å². The number of ether oxygens (including phenoxy) is 10. The third-order valence-corrected chi connectivity index (χ3v) is 10.6. The molecular weight excluding hydrogens is 839 g/mol. The van der Waals surface area contributed by atoms with E-state index in [-0.39, 0.29) is 31.0 Å². The van der Waals surface area contributed by atoms with E-state index in [1.807, 2.05) is 0 Å². The number of esters is 1. The summed E-state index contributed by atoms with van der Waals surface area (Å²) in [6.07, 6.45) is -46.0. The Morgan fingerprint density at radius 2 is 0.683 bits per heavy atom. The summed E-state index contributed by atoms with van der Waals surface area (Å²) in [5, 5.41) is 167. The Morgan fingerprint density at radius 3 is 1.02 bits per heavy atom. The molecular formula is C32H55NaO27. The fourth-order valence-electron chi connectivity index (χ4n) is 7.34. The van der Waals surface area contributed by atoms with Crippen LogP contribution in [0.2, 0.25) is 0 Å². The molecule has 0 saturated carbocycles. The van der Waals surface area contributed by atoms with Crippen molar-refractivity contribution in [2.75, 3.05) is 33.0 Å². The summed E-state index contributed by atoms with van der Waals surface area (Å²) in [5.74, 6) is -0.947. The van der Waals surface area contributed by atoms with Crippen LogP contribution in [-0.2, 0) is 52.2 Å². The van der Waals surface area contributed by atoms with Crippen LogP contribution < -0.4 is 29.6 Å². The van der Waals surface area contributed by atoms with Crippen molar-refractivity contribution in [3.05, 3.63) is 0 Å². The van der Waals surface area contributed by atoms with Crippen LogP contribution >= 0.6 is 0 Å². The molecule has 5 fully saturated rings. The number of rotatable bonds is 14. The van der Waals surface area contributed by atoms with Gasteiger partial charge in [0.2, 0.25) is 0 Å². The van der Waals surface area contributed by atoms with Gasteiger partial charge in [-0.2, -0.15) is 0 Å². The molecule has 5 saturated heterocycles. The van der Waals surface area contributed by atoms with Crippen molar-refractivity contribution in [1.82, 2.24) is 0 Å². The smallest absolute Gasteiger partial charge is 1.00 e. The molecule has 0 aliphatic carbocycles. The number of hydrogen-bond donors (Lipinski definition) is 16. The quantitative estimate of drug-likeness (QED) is 0.0568. The van der Waals surface area contributed by atoms with E-state index in [0.29, 0.717) is 0 Å². The minimum Gasteiger partial charge on any atom is -1.00 e. The second kappa shape index (κ2) is 22.6. The second-order valence-corrected chi connectivity index (χ2v) is 14.5. The van der Waals surface area contributed by atoms with Crippen molar-refractivity contribution < 1.29 is 165 Å². The molecule has 0 aromatic carbocycles. The molecule has 5 aliphatic rings. The van der Waals surface area contributed by atoms with E-state index in [4.69, 9.17) is 47.4 Å². The predicted octanol–water partition coefficient (Wildman–Crippen LogP) is -14.2. The Hall–Kier alpha value is -0.530. The second-order valence-electron chi connectivity index (χ2n) is 14.5. The van der Waals surface area contributed by atoms with Gasteiger partial charge in [-0.15, -0.1) is 0 Å². The van der Waals surface area contributed by atoms with Crippen LogP contribution in [0.1, 0.15) is 8.35 Å². The van der Waals surface area contributed by atoms with Crippen molar-refractivity contribution in [2.45, 2.75) is 160 Å². The fourth-order valence-corrected chi connectivity index (χ4v) is 7.34. The molecule has 5 aliphatic heterocycles. The van der Waals surface area contributed by atoms with Gasteiger partial charge in [0.15, 0.2) is 37.6 Å². The summed E-state index contributed by atoms with van der Waals surface area (Å²) < 4.78 is 54.6. The zero-order valence-corrected chi connectivity index (χ0v) is 34.1. The van der Waals surface area contributed by atoms with Crippen LogP contribution in [0.25, 0.3) is 0 Å². The van der Waals surface area contributed by atoms with Gasteiger partial charge in [0.1, 0.15) is 116 Å². The van der Waals surface area contributed by atoms with Gasteiger partial charge in [-0.1, -0.05) is 0 Å². The molecule has 27 nitrogen and oxygen atoms in total. The first kappa shape index (κ1) is 52.1. The number of aliphatic hydroxyl groups excluding tert-OH is 16. The number of hydrogen-bond acceptors (Lipinski definition) is 27. The van der Waals surface area contributed by atoms with E-state index in [2.05, 4.69) is 0 Å². The topological polar surface area (TPSA) is 433 Å². The third-order valence-electron chi connectivity index (χ3n) is 10.6. The minimum absolute atomic E-state index is 0. The van der Waals surface area contributed by atoms with E-state index in [1.165, 1.54) is 0 Å². The molecule has 0 aromatic heterocycles. The third kappa shape index (κ3) is 10.9. The normalized spacial score (nSPS) is 50.1.